The Morgan fingerprint density at radius 3 is 2.44 bits per heavy atom. The molecular weight excluding hydrogens is 414 g/mol. The molecule has 1 fully saturated rings. The number of fused-ring (bicyclic) bond motifs is 1. The number of anilines is 3. The van der Waals surface area contributed by atoms with Gasteiger partial charge in [0.25, 0.3) is 0 Å². The van der Waals surface area contributed by atoms with Crippen LogP contribution in [0.1, 0.15) is 49.8 Å². The average molecular weight is 445 g/mol. The quantitative estimate of drug-likeness (QED) is 0.643. The first-order chi connectivity index (χ1) is 15.4. The third-order valence-corrected chi connectivity index (χ3v) is 6.16. The molecule has 0 unspecified atom stereocenters. The fourth-order valence-corrected chi connectivity index (χ4v) is 4.50. The minimum atomic E-state index is -0.990. The molecule has 7 nitrogen and oxygen atoms in total. The third-order valence-electron chi connectivity index (χ3n) is 6.16. The van der Waals surface area contributed by atoms with Crippen molar-refractivity contribution < 1.29 is 13.6 Å². The summed E-state index contributed by atoms with van der Waals surface area (Å²) in [6.45, 7) is 0. The molecule has 1 heterocycles. The first-order valence-corrected chi connectivity index (χ1v) is 11.3. The summed E-state index contributed by atoms with van der Waals surface area (Å²) in [5.41, 5.74) is 2.64. The van der Waals surface area contributed by atoms with Crippen molar-refractivity contribution in [2.45, 2.75) is 63.5 Å². The number of amides is 2. The molecule has 0 radical (unpaired) electrons. The number of hydrogen-bond acceptors (Lipinski definition) is 5. The van der Waals surface area contributed by atoms with Gasteiger partial charge in [-0.2, -0.15) is 4.98 Å². The summed E-state index contributed by atoms with van der Waals surface area (Å²) in [5.74, 6) is -0.248. The van der Waals surface area contributed by atoms with E-state index in [1.807, 2.05) is 14.1 Å². The number of hydrogen-bond donors (Lipinski definition) is 3. The summed E-state index contributed by atoms with van der Waals surface area (Å²) in [7, 11) is 4.03. The van der Waals surface area contributed by atoms with E-state index in [-0.39, 0.29) is 17.8 Å². The molecular formula is C23H30F2N6O. The van der Waals surface area contributed by atoms with Crippen molar-refractivity contribution in [2.24, 2.45) is 0 Å². The highest BCUT2D eigenvalue weighted by atomic mass is 19.2. The Hall–Kier alpha value is -2.97. The molecule has 32 heavy (non-hydrogen) atoms. The Morgan fingerprint density at radius 1 is 1.00 bits per heavy atom. The van der Waals surface area contributed by atoms with Crippen LogP contribution in [-0.4, -0.2) is 42.2 Å². The van der Waals surface area contributed by atoms with Gasteiger partial charge < -0.3 is 20.9 Å². The predicted octanol–water partition coefficient (Wildman–Crippen LogP) is 4.24. The van der Waals surface area contributed by atoms with E-state index < -0.39 is 17.7 Å². The maximum atomic E-state index is 13.3. The van der Waals surface area contributed by atoms with E-state index in [1.165, 1.54) is 24.5 Å². The first kappa shape index (κ1) is 22.2. The van der Waals surface area contributed by atoms with Crippen LogP contribution in [0.4, 0.5) is 31.0 Å². The number of rotatable bonds is 5. The molecule has 2 aromatic rings. The Bertz CT molecular complexity index is 975. The number of urea groups is 1. The summed E-state index contributed by atoms with van der Waals surface area (Å²) >= 11 is 0. The monoisotopic (exact) mass is 444 g/mol. The van der Waals surface area contributed by atoms with Crippen molar-refractivity contribution >= 4 is 23.5 Å². The van der Waals surface area contributed by atoms with Gasteiger partial charge in [0.15, 0.2) is 11.6 Å². The SMILES string of the molecule is CN(C)c1nc(N[C@H]2CC[C@@H](NC(=O)Nc3ccc(F)c(F)c3)CC2)nc2c1CCCC2. The molecule has 0 atom stereocenters. The van der Waals surface area contributed by atoms with Gasteiger partial charge in [-0.05, 0) is 63.5 Å². The molecule has 0 saturated heterocycles. The van der Waals surface area contributed by atoms with Crippen molar-refractivity contribution in [1.29, 1.82) is 0 Å². The van der Waals surface area contributed by atoms with Crippen molar-refractivity contribution in [3.8, 4) is 0 Å². The summed E-state index contributed by atoms with van der Waals surface area (Å²) in [4.78, 5) is 23.8. The maximum absolute atomic E-state index is 13.3. The lowest BCUT2D eigenvalue weighted by atomic mass is 9.91. The lowest BCUT2D eigenvalue weighted by molar-refractivity contribution is 0.243. The zero-order chi connectivity index (χ0) is 22.7. The Morgan fingerprint density at radius 2 is 1.72 bits per heavy atom. The molecule has 1 aromatic carbocycles. The van der Waals surface area contributed by atoms with Gasteiger partial charge in [-0.15, -0.1) is 0 Å². The minimum Gasteiger partial charge on any atom is -0.362 e. The molecule has 172 valence electrons. The number of benzene rings is 1. The van der Waals surface area contributed by atoms with Crippen molar-refractivity contribution in [1.82, 2.24) is 15.3 Å². The smallest absolute Gasteiger partial charge is 0.319 e. The van der Waals surface area contributed by atoms with E-state index in [0.717, 1.165) is 62.2 Å². The Labute approximate surface area is 187 Å². The van der Waals surface area contributed by atoms with Crippen LogP contribution >= 0.6 is 0 Å². The van der Waals surface area contributed by atoms with Gasteiger partial charge in [-0.3, -0.25) is 0 Å². The number of carbonyl (C=O) groups excluding carboxylic acids is 1. The highest BCUT2D eigenvalue weighted by Crippen LogP contribution is 2.29. The van der Waals surface area contributed by atoms with Crippen molar-refractivity contribution in [2.75, 3.05) is 29.6 Å². The van der Waals surface area contributed by atoms with E-state index in [1.54, 1.807) is 0 Å². The lowest BCUT2D eigenvalue weighted by Gasteiger charge is -2.30. The predicted molar refractivity (Wildman–Crippen MR) is 121 cm³/mol. The lowest BCUT2D eigenvalue weighted by Crippen LogP contribution is -2.42. The summed E-state index contributed by atoms with van der Waals surface area (Å²) in [6.07, 6.45) is 7.78. The van der Waals surface area contributed by atoms with Gasteiger partial charge in [-0.1, -0.05) is 0 Å². The molecule has 3 N–H and O–H groups in total. The van der Waals surface area contributed by atoms with E-state index in [9.17, 15) is 13.6 Å². The van der Waals surface area contributed by atoms with Gasteiger partial charge in [0.1, 0.15) is 5.82 Å². The molecule has 0 spiro atoms. The number of aromatic nitrogens is 2. The minimum absolute atomic E-state index is 0.0279. The van der Waals surface area contributed by atoms with Crippen LogP contribution in [0.25, 0.3) is 0 Å². The second-order valence-corrected chi connectivity index (χ2v) is 8.82. The first-order valence-electron chi connectivity index (χ1n) is 11.3. The van der Waals surface area contributed by atoms with Crippen LogP contribution in [-0.2, 0) is 12.8 Å². The number of nitrogens with zero attached hydrogens (tertiary/aromatic N) is 3. The largest absolute Gasteiger partial charge is 0.362 e. The van der Waals surface area contributed by atoms with Gasteiger partial charge in [-0.25, -0.2) is 18.6 Å². The fourth-order valence-electron chi connectivity index (χ4n) is 4.50. The Kier molecular flexibility index (Phi) is 6.72. The summed E-state index contributed by atoms with van der Waals surface area (Å²) in [6, 6.07) is 3.15. The van der Waals surface area contributed by atoms with Gasteiger partial charge in [0.2, 0.25) is 5.95 Å². The molecule has 4 rings (SSSR count). The second kappa shape index (κ2) is 9.67. The zero-order valence-corrected chi connectivity index (χ0v) is 18.5. The highest BCUT2D eigenvalue weighted by Gasteiger charge is 2.25. The van der Waals surface area contributed by atoms with Crippen LogP contribution < -0.4 is 20.9 Å². The van der Waals surface area contributed by atoms with Crippen LogP contribution in [0, 0.1) is 11.6 Å². The molecule has 0 aliphatic heterocycles. The fraction of sp³-hybridized carbons (Fsp3) is 0.522. The number of nitrogens with one attached hydrogen (secondary N) is 3. The number of carbonyl (C=O) groups is 1. The van der Waals surface area contributed by atoms with Crippen molar-refractivity contribution in [3.63, 3.8) is 0 Å². The normalized spacial score (nSPS) is 20.2. The molecule has 2 aliphatic rings. The molecule has 2 amide bonds. The molecule has 1 saturated carbocycles. The molecule has 0 bridgehead atoms. The van der Waals surface area contributed by atoms with Crippen LogP contribution in [0.5, 0.6) is 0 Å². The standard InChI is InChI=1S/C23H30F2N6O/c1-31(2)21-17-5-3-4-6-20(17)29-22(30-21)26-14-7-9-15(10-8-14)27-23(32)28-16-11-12-18(24)19(25)13-16/h11-15H,3-10H2,1-2H3,(H,26,29,30)(H2,27,28,32)/t14-,15+. The van der Waals surface area contributed by atoms with Gasteiger partial charge in [0.05, 0.1) is 5.69 Å². The number of aryl methyl sites for hydroxylation is 1. The third kappa shape index (κ3) is 5.26. The van der Waals surface area contributed by atoms with Crippen LogP contribution in [0.15, 0.2) is 18.2 Å². The zero-order valence-electron chi connectivity index (χ0n) is 18.5. The maximum Gasteiger partial charge on any atom is 0.319 e. The highest BCUT2D eigenvalue weighted by molar-refractivity contribution is 5.89. The number of halogens is 2. The molecule has 1 aromatic heterocycles. The average Bonchev–Trinajstić information content (AvgIpc) is 2.77. The topological polar surface area (TPSA) is 82.2 Å². The van der Waals surface area contributed by atoms with E-state index in [4.69, 9.17) is 9.97 Å². The summed E-state index contributed by atoms with van der Waals surface area (Å²) in [5, 5.41) is 8.97. The van der Waals surface area contributed by atoms with E-state index >= 15 is 0 Å². The molecule has 2 aliphatic carbocycles. The van der Waals surface area contributed by atoms with E-state index in [2.05, 4.69) is 20.9 Å². The van der Waals surface area contributed by atoms with Gasteiger partial charge in [0, 0.05) is 43.5 Å². The van der Waals surface area contributed by atoms with Crippen molar-refractivity contribution in [3.05, 3.63) is 41.1 Å². The van der Waals surface area contributed by atoms with E-state index in [0.29, 0.717) is 5.95 Å². The Balaban J connectivity index is 1.30. The van der Waals surface area contributed by atoms with Gasteiger partial charge >= 0.3 is 6.03 Å². The second-order valence-electron chi connectivity index (χ2n) is 8.82. The van der Waals surface area contributed by atoms with Crippen LogP contribution in [0.3, 0.4) is 0 Å². The summed E-state index contributed by atoms with van der Waals surface area (Å²) < 4.78 is 26.3. The molecule has 9 heteroatoms. The van der Waals surface area contributed by atoms with Crippen LogP contribution in [0.2, 0.25) is 0 Å².